The van der Waals surface area contributed by atoms with Crippen LogP contribution in [0, 0.1) is 6.92 Å². The smallest absolute Gasteiger partial charge is 0.253 e. The molecule has 0 radical (unpaired) electrons. The highest BCUT2D eigenvalue weighted by Gasteiger charge is 2.22. The van der Waals surface area contributed by atoms with Gasteiger partial charge in [-0.25, -0.2) is 0 Å². The van der Waals surface area contributed by atoms with Crippen molar-refractivity contribution in [2.75, 3.05) is 13.1 Å². The molecule has 0 aliphatic carbocycles. The van der Waals surface area contributed by atoms with E-state index in [9.17, 15) is 4.79 Å². The van der Waals surface area contributed by atoms with Crippen LogP contribution in [-0.2, 0) is 0 Å². The average Bonchev–Trinajstić information content (AvgIpc) is 2.28. The number of carbonyl (C=O) groups excluding carboxylic acids is 1. The SMILES string of the molecule is Cc1cc(Cl)cc(C(=O)N2CCC(Cl)CC2)c1. The second kappa shape index (κ2) is 5.28. The zero-order chi connectivity index (χ0) is 12.4. The van der Waals surface area contributed by atoms with Crippen molar-refractivity contribution < 1.29 is 4.79 Å². The van der Waals surface area contributed by atoms with Gasteiger partial charge < -0.3 is 4.90 Å². The van der Waals surface area contributed by atoms with E-state index in [0.717, 1.165) is 31.5 Å². The number of carbonyl (C=O) groups is 1. The largest absolute Gasteiger partial charge is 0.339 e. The Morgan fingerprint density at radius 1 is 1.29 bits per heavy atom. The van der Waals surface area contributed by atoms with E-state index in [-0.39, 0.29) is 11.3 Å². The Hall–Kier alpha value is -0.730. The number of hydrogen-bond donors (Lipinski definition) is 0. The number of amides is 1. The molecule has 0 aromatic heterocycles. The molecule has 1 aliphatic rings. The second-order valence-corrected chi connectivity index (χ2v) is 5.54. The molecule has 1 saturated heterocycles. The van der Waals surface area contributed by atoms with Gasteiger partial charge in [0.15, 0.2) is 0 Å². The van der Waals surface area contributed by atoms with Gasteiger partial charge in [0, 0.05) is 29.1 Å². The fourth-order valence-electron chi connectivity index (χ4n) is 2.09. The van der Waals surface area contributed by atoms with E-state index in [1.54, 1.807) is 6.07 Å². The number of aryl methyl sites for hydroxylation is 1. The summed E-state index contributed by atoms with van der Waals surface area (Å²) >= 11 is 12.0. The lowest BCUT2D eigenvalue weighted by Crippen LogP contribution is -2.38. The molecule has 0 N–H and O–H groups in total. The van der Waals surface area contributed by atoms with Crippen molar-refractivity contribution in [1.29, 1.82) is 0 Å². The summed E-state index contributed by atoms with van der Waals surface area (Å²) in [4.78, 5) is 14.1. The lowest BCUT2D eigenvalue weighted by molar-refractivity contribution is 0.0726. The minimum Gasteiger partial charge on any atom is -0.339 e. The Labute approximate surface area is 112 Å². The fourth-order valence-corrected chi connectivity index (χ4v) is 2.58. The minimum absolute atomic E-state index is 0.0548. The molecule has 0 bridgehead atoms. The van der Waals surface area contributed by atoms with Crippen LogP contribution in [0.4, 0.5) is 0 Å². The maximum Gasteiger partial charge on any atom is 0.253 e. The van der Waals surface area contributed by atoms with Gasteiger partial charge in [-0.05, 0) is 43.5 Å². The first-order valence-corrected chi connectivity index (χ1v) is 6.58. The summed E-state index contributed by atoms with van der Waals surface area (Å²) in [6.45, 7) is 3.41. The average molecular weight is 272 g/mol. The number of benzene rings is 1. The quantitative estimate of drug-likeness (QED) is 0.716. The van der Waals surface area contributed by atoms with E-state index in [1.165, 1.54) is 0 Å². The molecule has 0 atom stereocenters. The van der Waals surface area contributed by atoms with Crippen molar-refractivity contribution in [3.05, 3.63) is 34.3 Å². The van der Waals surface area contributed by atoms with Crippen LogP contribution < -0.4 is 0 Å². The summed E-state index contributed by atoms with van der Waals surface area (Å²) in [6, 6.07) is 5.45. The van der Waals surface area contributed by atoms with Crippen LogP contribution in [0.1, 0.15) is 28.8 Å². The lowest BCUT2D eigenvalue weighted by atomic mass is 10.1. The number of alkyl halides is 1. The van der Waals surface area contributed by atoms with E-state index in [0.29, 0.717) is 10.6 Å². The monoisotopic (exact) mass is 271 g/mol. The molecule has 0 saturated carbocycles. The Morgan fingerprint density at radius 3 is 2.53 bits per heavy atom. The molecule has 17 heavy (non-hydrogen) atoms. The summed E-state index contributed by atoms with van der Waals surface area (Å²) in [5, 5.41) is 0.820. The first kappa shape index (κ1) is 12.7. The van der Waals surface area contributed by atoms with Crippen molar-refractivity contribution in [2.45, 2.75) is 25.1 Å². The Balaban J connectivity index is 2.14. The summed E-state index contributed by atoms with van der Waals surface area (Å²) in [6.07, 6.45) is 1.74. The van der Waals surface area contributed by atoms with Gasteiger partial charge in [-0.15, -0.1) is 11.6 Å². The first-order chi connectivity index (χ1) is 8.06. The van der Waals surface area contributed by atoms with Crippen LogP contribution in [0.25, 0.3) is 0 Å². The summed E-state index contributed by atoms with van der Waals surface area (Å²) in [5.41, 5.74) is 1.68. The standard InChI is InChI=1S/C13H15Cl2NO/c1-9-6-10(8-12(15)7-9)13(17)16-4-2-11(14)3-5-16/h6-8,11H,2-5H2,1H3. The summed E-state index contributed by atoms with van der Waals surface area (Å²) < 4.78 is 0. The molecule has 0 spiro atoms. The Kier molecular flexibility index (Phi) is 3.95. The number of hydrogen-bond acceptors (Lipinski definition) is 1. The third-order valence-electron chi connectivity index (χ3n) is 3.00. The van der Waals surface area contributed by atoms with Crippen LogP contribution in [0.2, 0.25) is 5.02 Å². The van der Waals surface area contributed by atoms with Crippen molar-refractivity contribution in [2.24, 2.45) is 0 Å². The number of halogens is 2. The summed E-state index contributed by atoms with van der Waals surface area (Å²) in [7, 11) is 0. The van der Waals surface area contributed by atoms with Gasteiger partial charge in [-0.3, -0.25) is 4.79 Å². The zero-order valence-corrected chi connectivity index (χ0v) is 11.3. The third-order valence-corrected chi connectivity index (χ3v) is 3.66. The van der Waals surface area contributed by atoms with E-state index in [4.69, 9.17) is 23.2 Å². The van der Waals surface area contributed by atoms with E-state index in [2.05, 4.69) is 0 Å². The highest BCUT2D eigenvalue weighted by Crippen LogP contribution is 2.20. The fraction of sp³-hybridized carbons (Fsp3) is 0.462. The van der Waals surface area contributed by atoms with Gasteiger partial charge in [0.2, 0.25) is 0 Å². The Bertz CT molecular complexity index is 405. The lowest BCUT2D eigenvalue weighted by Gasteiger charge is -2.29. The maximum atomic E-state index is 12.2. The summed E-state index contributed by atoms with van der Waals surface area (Å²) in [5.74, 6) is 0.0548. The van der Waals surface area contributed by atoms with Gasteiger partial charge in [0.25, 0.3) is 5.91 Å². The van der Waals surface area contributed by atoms with Crippen LogP contribution >= 0.6 is 23.2 Å². The molecule has 0 unspecified atom stereocenters. The predicted molar refractivity (Wildman–Crippen MR) is 71.0 cm³/mol. The highest BCUT2D eigenvalue weighted by molar-refractivity contribution is 6.31. The molecule has 1 aromatic carbocycles. The van der Waals surface area contributed by atoms with Crippen molar-refractivity contribution >= 4 is 29.1 Å². The number of piperidine rings is 1. The molecular formula is C13H15Cl2NO. The third kappa shape index (κ3) is 3.14. The van der Waals surface area contributed by atoms with Gasteiger partial charge in [0.05, 0.1) is 0 Å². The van der Waals surface area contributed by atoms with Crippen LogP contribution in [0.15, 0.2) is 18.2 Å². The van der Waals surface area contributed by atoms with Gasteiger partial charge in [-0.2, -0.15) is 0 Å². The van der Waals surface area contributed by atoms with Gasteiger partial charge >= 0.3 is 0 Å². The van der Waals surface area contributed by atoms with E-state index < -0.39 is 0 Å². The molecule has 1 heterocycles. The van der Waals surface area contributed by atoms with Crippen molar-refractivity contribution in [3.8, 4) is 0 Å². The second-order valence-electron chi connectivity index (χ2n) is 4.48. The number of likely N-dealkylation sites (tertiary alicyclic amines) is 1. The molecule has 4 heteroatoms. The molecule has 1 aliphatic heterocycles. The molecule has 2 rings (SSSR count). The van der Waals surface area contributed by atoms with Crippen molar-refractivity contribution in [3.63, 3.8) is 0 Å². The molecule has 2 nitrogen and oxygen atoms in total. The van der Waals surface area contributed by atoms with Crippen LogP contribution in [0.3, 0.4) is 0 Å². The molecular weight excluding hydrogens is 257 g/mol. The van der Waals surface area contributed by atoms with E-state index >= 15 is 0 Å². The molecule has 1 aromatic rings. The van der Waals surface area contributed by atoms with Gasteiger partial charge in [0.1, 0.15) is 0 Å². The van der Waals surface area contributed by atoms with E-state index in [1.807, 2.05) is 24.0 Å². The topological polar surface area (TPSA) is 20.3 Å². The van der Waals surface area contributed by atoms with Crippen LogP contribution in [-0.4, -0.2) is 29.3 Å². The number of rotatable bonds is 1. The highest BCUT2D eigenvalue weighted by atomic mass is 35.5. The first-order valence-electron chi connectivity index (χ1n) is 5.77. The molecule has 92 valence electrons. The normalized spacial score (nSPS) is 17.2. The van der Waals surface area contributed by atoms with Crippen LogP contribution in [0.5, 0.6) is 0 Å². The molecule has 1 fully saturated rings. The van der Waals surface area contributed by atoms with Gasteiger partial charge in [-0.1, -0.05) is 11.6 Å². The minimum atomic E-state index is 0.0548. The maximum absolute atomic E-state index is 12.2. The Morgan fingerprint density at radius 2 is 1.94 bits per heavy atom. The zero-order valence-electron chi connectivity index (χ0n) is 9.75. The number of nitrogens with zero attached hydrogens (tertiary/aromatic N) is 1. The predicted octanol–water partition coefficient (Wildman–Crippen LogP) is 3.49. The molecule has 1 amide bonds. The van der Waals surface area contributed by atoms with Crippen molar-refractivity contribution in [1.82, 2.24) is 4.90 Å².